The van der Waals surface area contributed by atoms with Gasteiger partial charge in [0.1, 0.15) is 22.7 Å². The van der Waals surface area contributed by atoms with E-state index in [2.05, 4.69) is 40.4 Å². The molecule has 5 aromatic heterocycles. The van der Waals surface area contributed by atoms with Gasteiger partial charge < -0.3 is 10.3 Å². The van der Waals surface area contributed by atoms with Gasteiger partial charge in [0.2, 0.25) is 0 Å². The Morgan fingerprint density at radius 2 is 1.61 bits per heavy atom. The van der Waals surface area contributed by atoms with Gasteiger partial charge in [-0.3, -0.25) is 24.8 Å². The average molecular weight is 545 g/mol. The van der Waals surface area contributed by atoms with Gasteiger partial charge in [-0.1, -0.05) is 36.4 Å². The molecule has 0 atom stereocenters. The van der Waals surface area contributed by atoms with Crippen molar-refractivity contribution < 1.29 is 13.6 Å². The zero-order valence-corrected chi connectivity index (χ0v) is 21.1. The predicted molar refractivity (Wildman–Crippen MR) is 150 cm³/mol. The van der Waals surface area contributed by atoms with E-state index >= 15 is 4.39 Å². The standard InChI is InChI=1S/C30H18F2N8O/c31-21-9-5-4-8-19(21)20-13-34-14-23-27(20)38-29(37-23)28-24-22(39-40-28)15-35-26(25(24)32)17-10-18(12-33-11-17)36-30(41)16-6-2-1-3-7-16/h1-15H,(H,36,41)(H,37,38)(H,39,40). The number of halogens is 2. The van der Waals surface area contributed by atoms with E-state index in [4.69, 9.17) is 0 Å². The Balaban J connectivity index is 1.29. The maximum absolute atomic E-state index is 16.1. The molecule has 0 bridgehead atoms. The number of hydrogen-bond acceptors (Lipinski definition) is 6. The Morgan fingerprint density at radius 1 is 0.805 bits per heavy atom. The number of hydrogen-bond donors (Lipinski definition) is 3. The molecular formula is C30H18F2N8O. The van der Waals surface area contributed by atoms with Crippen LogP contribution in [0.3, 0.4) is 0 Å². The second kappa shape index (κ2) is 9.72. The van der Waals surface area contributed by atoms with Gasteiger partial charge in [-0.2, -0.15) is 5.10 Å². The summed E-state index contributed by atoms with van der Waals surface area (Å²) in [5.41, 5.74) is 3.67. The molecule has 11 heteroatoms. The minimum Gasteiger partial charge on any atom is -0.335 e. The second-order valence-corrected chi connectivity index (χ2v) is 9.21. The number of nitrogens with zero attached hydrogens (tertiary/aromatic N) is 5. The summed E-state index contributed by atoms with van der Waals surface area (Å²) in [7, 11) is 0. The molecule has 0 aliphatic carbocycles. The third-order valence-corrected chi connectivity index (χ3v) is 6.63. The first-order valence-corrected chi connectivity index (χ1v) is 12.5. The lowest BCUT2D eigenvalue weighted by atomic mass is 10.1. The number of amides is 1. The van der Waals surface area contributed by atoms with Crippen molar-refractivity contribution in [1.29, 1.82) is 0 Å². The van der Waals surface area contributed by atoms with Crippen LogP contribution < -0.4 is 5.32 Å². The van der Waals surface area contributed by atoms with Gasteiger partial charge in [-0.05, 0) is 24.3 Å². The summed E-state index contributed by atoms with van der Waals surface area (Å²) in [6.07, 6.45) is 7.50. The van der Waals surface area contributed by atoms with Crippen LogP contribution in [0.2, 0.25) is 0 Å². The molecule has 0 saturated heterocycles. The largest absolute Gasteiger partial charge is 0.335 e. The van der Waals surface area contributed by atoms with Crippen molar-refractivity contribution in [3.63, 3.8) is 0 Å². The van der Waals surface area contributed by atoms with Crippen LogP contribution in [-0.4, -0.2) is 41.0 Å². The Morgan fingerprint density at radius 3 is 2.46 bits per heavy atom. The van der Waals surface area contributed by atoms with Crippen LogP contribution in [0, 0.1) is 11.6 Å². The first-order chi connectivity index (χ1) is 20.1. The Kier molecular flexibility index (Phi) is 5.74. The number of carbonyl (C=O) groups is 1. The number of aromatic amines is 2. The van der Waals surface area contributed by atoms with Crippen molar-refractivity contribution in [2.24, 2.45) is 0 Å². The highest BCUT2D eigenvalue weighted by atomic mass is 19.1. The molecule has 3 N–H and O–H groups in total. The minimum absolute atomic E-state index is 0.0216. The summed E-state index contributed by atoms with van der Waals surface area (Å²) in [5.74, 6) is -1.10. The number of fused-ring (bicyclic) bond motifs is 2. The highest BCUT2D eigenvalue weighted by molar-refractivity contribution is 6.04. The maximum Gasteiger partial charge on any atom is 0.255 e. The van der Waals surface area contributed by atoms with Gasteiger partial charge in [0.05, 0.1) is 40.7 Å². The van der Waals surface area contributed by atoms with Crippen LogP contribution >= 0.6 is 0 Å². The zero-order valence-electron chi connectivity index (χ0n) is 21.1. The molecule has 0 aliphatic heterocycles. The molecule has 0 unspecified atom stereocenters. The summed E-state index contributed by atoms with van der Waals surface area (Å²) in [4.78, 5) is 33.1. The molecule has 9 nitrogen and oxygen atoms in total. The number of H-pyrrole nitrogens is 2. The molecule has 0 saturated carbocycles. The number of carbonyl (C=O) groups excluding carboxylic acids is 1. The minimum atomic E-state index is -0.646. The molecule has 0 spiro atoms. The smallest absolute Gasteiger partial charge is 0.255 e. The topological polar surface area (TPSA) is 125 Å². The van der Waals surface area contributed by atoms with Crippen molar-refractivity contribution in [3.05, 3.63) is 109 Å². The predicted octanol–water partition coefficient (Wildman–Crippen LogP) is 6.16. The van der Waals surface area contributed by atoms with Crippen molar-refractivity contribution in [1.82, 2.24) is 35.1 Å². The van der Waals surface area contributed by atoms with Crippen molar-refractivity contribution >= 4 is 33.5 Å². The summed E-state index contributed by atoms with van der Waals surface area (Å²) >= 11 is 0. The van der Waals surface area contributed by atoms with E-state index in [0.717, 1.165) is 0 Å². The third kappa shape index (κ3) is 4.25. The number of nitrogens with one attached hydrogen (secondary N) is 3. The van der Waals surface area contributed by atoms with Crippen molar-refractivity contribution in [2.45, 2.75) is 0 Å². The third-order valence-electron chi connectivity index (χ3n) is 6.63. The fraction of sp³-hybridized carbons (Fsp3) is 0. The molecule has 198 valence electrons. The molecule has 0 aliphatic rings. The monoisotopic (exact) mass is 544 g/mol. The molecule has 41 heavy (non-hydrogen) atoms. The number of rotatable bonds is 5. The van der Waals surface area contributed by atoms with Crippen LogP contribution in [0.4, 0.5) is 14.5 Å². The van der Waals surface area contributed by atoms with E-state index in [1.807, 2.05) is 6.07 Å². The first-order valence-electron chi connectivity index (χ1n) is 12.5. The molecule has 0 radical (unpaired) electrons. The number of aromatic nitrogens is 7. The lowest BCUT2D eigenvalue weighted by molar-refractivity contribution is 0.102. The van der Waals surface area contributed by atoms with Crippen LogP contribution in [-0.2, 0) is 0 Å². The molecule has 5 heterocycles. The quantitative estimate of drug-likeness (QED) is 0.239. The normalized spacial score (nSPS) is 11.3. The van der Waals surface area contributed by atoms with E-state index in [1.165, 1.54) is 30.9 Å². The lowest BCUT2D eigenvalue weighted by Crippen LogP contribution is -2.11. The van der Waals surface area contributed by atoms with E-state index in [-0.39, 0.29) is 28.5 Å². The van der Waals surface area contributed by atoms with Crippen LogP contribution in [0.15, 0.2) is 91.6 Å². The molecule has 7 aromatic rings. The average Bonchev–Trinajstić information content (AvgIpc) is 3.63. The summed E-state index contributed by atoms with van der Waals surface area (Å²) in [5, 5.41) is 10.0. The van der Waals surface area contributed by atoms with Crippen LogP contribution in [0.25, 0.3) is 55.8 Å². The highest BCUT2D eigenvalue weighted by Crippen LogP contribution is 2.35. The second-order valence-electron chi connectivity index (χ2n) is 9.21. The van der Waals surface area contributed by atoms with Crippen LogP contribution in [0.5, 0.6) is 0 Å². The fourth-order valence-corrected chi connectivity index (χ4v) is 4.70. The summed E-state index contributed by atoms with van der Waals surface area (Å²) in [6.45, 7) is 0. The molecular weight excluding hydrogens is 526 g/mol. The van der Waals surface area contributed by atoms with E-state index < -0.39 is 11.6 Å². The highest BCUT2D eigenvalue weighted by Gasteiger charge is 2.22. The number of benzene rings is 2. The van der Waals surface area contributed by atoms with Gasteiger partial charge >= 0.3 is 0 Å². The van der Waals surface area contributed by atoms with Gasteiger partial charge in [-0.25, -0.2) is 13.8 Å². The van der Waals surface area contributed by atoms with Gasteiger partial charge in [0.15, 0.2) is 11.6 Å². The van der Waals surface area contributed by atoms with E-state index in [0.29, 0.717) is 44.5 Å². The first kappa shape index (κ1) is 24.2. The number of pyridine rings is 3. The Bertz CT molecular complexity index is 2090. The van der Waals surface area contributed by atoms with E-state index in [9.17, 15) is 9.18 Å². The van der Waals surface area contributed by atoms with Gasteiger partial charge in [0.25, 0.3) is 5.91 Å². The lowest BCUT2D eigenvalue weighted by Gasteiger charge is -2.08. The number of imidazole rings is 1. The van der Waals surface area contributed by atoms with Crippen molar-refractivity contribution in [2.75, 3.05) is 5.32 Å². The Hall–Kier alpha value is -5.84. The Labute approximate surface area is 230 Å². The molecule has 0 fully saturated rings. The number of anilines is 1. The molecule has 7 rings (SSSR count). The van der Waals surface area contributed by atoms with Gasteiger partial charge in [-0.15, -0.1) is 0 Å². The van der Waals surface area contributed by atoms with E-state index in [1.54, 1.807) is 54.7 Å². The molecule has 2 aromatic carbocycles. The molecule has 1 amide bonds. The van der Waals surface area contributed by atoms with Gasteiger partial charge in [0, 0.05) is 34.6 Å². The summed E-state index contributed by atoms with van der Waals surface area (Å²) in [6, 6.07) is 16.7. The van der Waals surface area contributed by atoms with Crippen molar-refractivity contribution in [3.8, 4) is 33.9 Å². The SMILES string of the molecule is O=C(Nc1cncc(-c2ncc3[nH]nc(-c4nc5c(-c6ccccc6F)cncc5[nH]4)c3c2F)c1)c1ccccc1. The summed E-state index contributed by atoms with van der Waals surface area (Å²) < 4.78 is 30.7. The van der Waals surface area contributed by atoms with Crippen LogP contribution in [0.1, 0.15) is 10.4 Å². The maximum atomic E-state index is 16.1. The zero-order chi connectivity index (χ0) is 27.9. The fourth-order valence-electron chi connectivity index (χ4n) is 4.70.